The number of guanidine groups is 1. The van der Waals surface area contributed by atoms with E-state index < -0.39 is 29.9 Å². The van der Waals surface area contributed by atoms with Crippen molar-refractivity contribution in [3.05, 3.63) is 0 Å². The number of amides is 2. The van der Waals surface area contributed by atoms with E-state index in [-0.39, 0.29) is 30.6 Å². The van der Waals surface area contributed by atoms with Crippen molar-refractivity contribution in [1.82, 2.24) is 10.2 Å². The monoisotopic (exact) mass is 565 g/mol. The van der Waals surface area contributed by atoms with Gasteiger partial charge < -0.3 is 26.8 Å². The normalized spacial score (nSPS) is 19.2. The minimum Gasteiger partial charge on any atom is -0.481 e. The lowest BCUT2D eigenvalue weighted by Crippen LogP contribution is -2.52. The Labute approximate surface area is 243 Å². The second-order valence-electron chi connectivity index (χ2n) is 11.9. The predicted molar refractivity (Wildman–Crippen MR) is 163 cm³/mol. The van der Waals surface area contributed by atoms with Gasteiger partial charge in [0.1, 0.15) is 6.04 Å². The third-order valence-electron chi connectivity index (χ3n) is 8.27. The van der Waals surface area contributed by atoms with E-state index in [1.54, 1.807) is 11.9 Å². The van der Waals surface area contributed by atoms with Gasteiger partial charge in [0.05, 0.1) is 12.0 Å². The molecular formula is C31H59N5O4. The molecule has 0 spiro atoms. The fraction of sp³-hybridized carbons (Fsp3) is 0.871. The summed E-state index contributed by atoms with van der Waals surface area (Å²) in [4.78, 5) is 42.7. The summed E-state index contributed by atoms with van der Waals surface area (Å²) in [5, 5.41) is 12.3. The van der Waals surface area contributed by atoms with Gasteiger partial charge in [0.15, 0.2) is 5.96 Å². The molecule has 1 aliphatic carbocycles. The number of aliphatic carboxylic acids is 1. The minimum atomic E-state index is -0.941. The van der Waals surface area contributed by atoms with Crippen molar-refractivity contribution in [3.8, 4) is 0 Å². The number of nitrogens with two attached hydrogens (primary N) is 2. The summed E-state index contributed by atoms with van der Waals surface area (Å²) in [7, 11) is 1.74. The van der Waals surface area contributed by atoms with E-state index in [1.165, 1.54) is 96.8 Å². The van der Waals surface area contributed by atoms with Crippen molar-refractivity contribution in [2.24, 2.45) is 28.3 Å². The number of carboxylic acids is 1. The van der Waals surface area contributed by atoms with E-state index in [1.807, 2.05) is 0 Å². The van der Waals surface area contributed by atoms with Crippen LogP contribution in [-0.2, 0) is 14.4 Å². The van der Waals surface area contributed by atoms with E-state index >= 15 is 0 Å². The molecule has 0 aromatic heterocycles. The van der Waals surface area contributed by atoms with Crippen molar-refractivity contribution in [1.29, 1.82) is 0 Å². The average Bonchev–Trinajstić information content (AvgIpc) is 3.31. The zero-order valence-electron chi connectivity index (χ0n) is 25.7. The molecule has 40 heavy (non-hydrogen) atoms. The largest absolute Gasteiger partial charge is 0.481 e. The number of likely N-dealkylation sites (N-methyl/N-ethyl adjacent to an activating group) is 1. The number of rotatable bonds is 23. The van der Waals surface area contributed by atoms with Crippen LogP contribution in [0.15, 0.2) is 4.99 Å². The molecule has 9 heteroatoms. The van der Waals surface area contributed by atoms with E-state index in [2.05, 4.69) is 17.2 Å². The van der Waals surface area contributed by atoms with Crippen LogP contribution in [0.2, 0.25) is 0 Å². The average molecular weight is 566 g/mol. The van der Waals surface area contributed by atoms with Crippen LogP contribution >= 0.6 is 0 Å². The fourth-order valence-electron chi connectivity index (χ4n) is 5.94. The van der Waals surface area contributed by atoms with Gasteiger partial charge in [0.2, 0.25) is 11.8 Å². The van der Waals surface area contributed by atoms with Crippen LogP contribution in [0.25, 0.3) is 0 Å². The molecule has 2 amide bonds. The Balaban J connectivity index is 2.26. The first-order valence-corrected chi connectivity index (χ1v) is 16.0. The molecule has 0 saturated heterocycles. The second kappa shape index (κ2) is 21.4. The Hall–Kier alpha value is -2.32. The van der Waals surface area contributed by atoms with Crippen molar-refractivity contribution >= 4 is 23.7 Å². The molecule has 0 aromatic rings. The predicted octanol–water partition coefficient (Wildman–Crippen LogP) is 5.35. The SMILES string of the molecule is CCCCCCCCCCCCCCCCCCCN(C)C(=O)C(NC(C)=O)C1CC(C(=O)O)CC1N=C(N)N. The molecular weight excluding hydrogens is 506 g/mol. The topological polar surface area (TPSA) is 151 Å². The molecule has 1 rings (SSSR count). The number of nitrogens with one attached hydrogen (secondary N) is 1. The number of carboxylic acid groups (broad SMARTS) is 1. The first-order chi connectivity index (χ1) is 19.2. The third kappa shape index (κ3) is 15.5. The lowest BCUT2D eigenvalue weighted by molar-refractivity contribution is -0.142. The second-order valence-corrected chi connectivity index (χ2v) is 11.9. The lowest BCUT2D eigenvalue weighted by Gasteiger charge is -2.30. The standard InChI is InChI=1S/C31H59N5O4/c1-4-5-6-7-8-9-10-11-12-13-14-15-16-17-18-19-20-21-36(3)29(38)28(34-24(2)37)26-22-25(30(39)40)23-27(26)35-31(32)33/h25-28H,4-23H2,1-3H3,(H,34,37)(H,39,40)(H4,32,33,35). The van der Waals surface area contributed by atoms with Crippen molar-refractivity contribution in [2.45, 2.75) is 148 Å². The van der Waals surface area contributed by atoms with Crippen molar-refractivity contribution in [3.63, 3.8) is 0 Å². The summed E-state index contributed by atoms with van der Waals surface area (Å²) >= 11 is 0. The zero-order chi connectivity index (χ0) is 29.8. The van der Waals surface area contributed by atoms with Crippen molar-refractivity contribution < 1.29 is 19.5 Å². The molecule has 1 fully saturated rings. The maximum Gasteiger partial charge on any atom is 0.306 e. The Morgan fingerprint density at radius 3 is 1.68 bits per heavy atom. The van der Waals surface area contributed by atoms with Crippen LogP contribution in [0.4, 0.5) is 0 Å². The molecule has 0 bridgehead atoms. The van der Waals surface area contributed by atoms with Gasteiger partial charge in [-0.15, -0.1) is 0 Å². The summed E-state index contributed by atoms with van der Waals surface area (Å²) < 4.78 is 0. The number of carbonyl (C=O) groups is 3. The maximum atomic E-state index is 13.3. The summed E-state index contributed by atoms with van der Waals surface area (Å²) in [6.45, 7) is 4.22. The summed E-state index contributed by atoms with van der Waals surface area (Å²) in [5.74, 6) is -2.78. The maximum absolute atomic E-state index is 13.3. The quantitative estimate of drug-likeness (QED) is 0.0744. The van der Waals surface area contributed by atoms with Gasteiger partial charge in [-0.2, -0.15) is 0 Å². The summed E-state index contributed by atoms with van der Waals surface area (Å²) in [5.41, 5.74) is 11.1. The van der Waals surface area contributed by atoms with Gasteiger partial charge in [0.25, 0.3) is 0 Å². The lowest BCUT2D eigenvalue weighted by atomic mass is 9.92. The number of hydrogen-bond acceptors (Lipinski definition) is 4. The highest BCUT2D eigenvalue weighted by atomic mass is 16.4. The Kier molecular flexibility index (Phi) is 19.1. The molecule has 6 N–H and O–H groups in total. The van der Waals surface area contributed by atoms with Crippen LogP contribution in [0, 0.1) is 11.8 Å². The van der Waals surface area contributed by atoms with Gasteiger partial charge in [-0.25, -0.2) is 4.99 Å². The molecule has 1 aliphatic rings. The zero-order valence-corrected chi connectivity index (χ0v) is 25.7. The summed E-state index contributed by atoms with van der Waals surface area (Å²) in [6, 6.07) is -1.38. The Bertz CT molecular complexity index is 756. The molecule has 232 valence electrons. The van der Waals surface area contributed by atoms with E-state index in [9.17, 15) is 19.5 Å². The van der Waals surface area contributed by atoms with Gasteiger partial charge in [0, 0.05) is 26.4 Å². The minimum absolute atomic E-state index is 0.146. The third-order valence-corrected chi connectivity index (χ3v) is 8.27. The molecule has 0 radical (unpaired) electrons. The smallest absolute Gasteiger partial charge is 0.306 e. The van der Waals surface area contributed by atoms with E-state index in [0.29, 0.717) is 6.54 Å². The highest BCUT2D eigenvalue weighted by Crippen LogP contribution is 2.36. The molecule has 0 aromatic carbocycles. The van der Waals surface area contributed by atoms with Gasteiger partial charge >= 0.3 is 5.97 Å². The van der Waals surface area contributed by atoms with E-state index in [4.69, 9.17) is 11.5 Å². The Morgan fingerprint density at radius 1 is 0.825 bits per heavy atom. The number of aliphatic imine (C=N–C) groups is 1. The number of hydrogen-bond donors (Lipinski definition) is 4. The van der Waals surface area contributed by atoms with Crippen molar-refractivity contribution in [2.75, 3.05) is 13.6 Å². The Morgan fingerprint density at radius 2 is 1.27 bits per heavy atom. The first kappa shape index (κ1) is 35.7. The molecule has 0 heterocycles. The van der Waals surface area contributed by atoms with Gasteiger partial charge in [-0.05, 0) is 19.3 Å². The fourth-order valence-corrected chi connectivity index (χ4v) is 5.94. The molecule has 4 unspecified atom stereocenters. The van der Waals surface area contributed by atoms with Crippen LogP contribution in [0.3, 0.4) is 0 Å². The molecule has 0 aliphatic heterocycles. The van der Waals surface area contributed by atoms with Crippen LogP contribution < -0.4 is 16.8 Å². The number of unbranched alkanes of at least 4 members (excludes halogenated alkanes) is 16. The molecule has 9 nitrogen and oxygen atoms in total. The van der Waals surface area contributed by atoms with Crippen LogP contribution in [-0.4, -0.2) is 59.4 Å². The van der Waals surface area contributed by atoms with Crippen LogP contribution in [0.5, 0.6) is 0 Å². The number of nitrogens with zero attached hydrogens (tertiary/aromatic N) is 2. The van der Waals surface area contributed by atoms with E-state index in [0.717, 1.165) is 19.3 Å². The van der Waals surface area contributed by atoms with Gasteiger partial charge in [-0.3, -0.25) is 14.4 Å². The van der Waals surface area contributed by atoms with Crippen LogP contribution in [0.1, 0.15) is 136 Å². The van der Waals surface area contributed by atoms with Gasteiger partial charge in [-0.1, -0.05) is 110 Å². The number of carbonyl (C=O) groups excluding carboxylic acids is 2. The molecule has 1 saturated carbocycles. The summed E-state index contributed by atoms with van der Waals surface area (Å²) in [6.07, 6.45) is 22.6. The highest BCUT2D eigenvalue weighted by Gasteiger charge is 2.45. The molecule has 4 atom stereocenters. The first-order valence-electron chi connectivity index (χ1n) is 16.0. The highest BCUT2D eigenvalue weighted by molar-refractivity contribution is 5.87.